The van der Waals surface area contributed by atoms with Crippen molar-refractivity contribution >= 4 is 41.6 Å². The van der Waals surface area contributed by atoms with E-state index in [-0.39, 0.29) is 16.8 Å². The Labute approximate surface area is 199 Å². The SMILES string of the molecule is CC(O)CS(=O)(=O)C(c1nnc(CNS(N)(=O)=O)o1)c1nc2ccc(-c3ccccc3)cc2s1. The van der Waals surface area contributed by atoms with Gasteiger partial charge in [-0.1, -0.05) is 36.4 Å². The number of benzene rings is 2. The van der Waals surface area contributed by atoms with Crippen molar-refractivity contribution < 1.29 is 26.4 Å². The van der Waals surface area contributed by atoms with Gasteiger partial charge in [-0.25, -0.2) is 18.5 Å². The average Bonchev–Trinajstić information content (AvgIpc) is 3.37. The van der Waals surface area contributed by atoms with Crippen LogP contribution < -0.4 is 9.86 Å². The van der Waals surface area contributed by atoms with Gasteiger partial charge in [0, 0.05) is 0 Å². The van der Waals surface area contributed by atoms with Crippen molar-refractivity contribution in [1.29, 1.82) is 0 Å². The first-order valence-corrected chi connectivity index (χ1v) is 14.0. The monoisotopic (exact) mass is 523 g/mol. The maximum Gasteiger partial charge on any atom is 0.274 e. The van der Waals surface area contributed by atoms with E-state index in [1.54, 1.807) is 6.07 Å². The number of sulfone groups is 1. The number of hydrogen-bond donors (Lipinski definition) is 3. The van der Waals surface area contributed by atoms with Crippen molar-refractivity contribution in [2.45, 2.75) is 24.8 Å². The fourth-order valence-electron chi connectivity index (χ4n) is 3.32. The second kappa shape index (κ2) is 9.48. The molecule has 0 aliphatic rings. The van der Waals surface area contributed by atoms with Crippen LogP contribution in [0, 0.1) is 0 Å². The van der Waals surface area contributed by atoms with Gasteiger partial charge in [-0.15, -0.1) is 21.5 Å². The van der Waals surface area contributed by atoms with Crippen LogP contribution in [0.1, 0.15) is 29.0 Å². The second-order valence-electron chi connectivity index (χ2n) is 7.56. The van der Waals surface area contributed by atoms with E-state index in [2.05, 4.69) is 15.2 Å². The summed E-state index contributed by atoms with van der Waals surface area (Å²) in [6, 6.07) is 15.3. The van der Waals surface area contributed by atoms with Crippen molar-refractivity contribution in [2.75, 3.05) is 5.75 Å². The third-order valence-corrected chi connectivity index (χ3v) is 8.57. The summed E-state index contributed by atoms with van der Waals surface area (Å²) in [5.41, 5.74) is 2.54. The van der Waals surface area contributed by atoms with E-state index >= 15 is 0 Å². The molecule has 0 radical (unpaired) electrons. The molecule has 0 aliphatic heterocycles. The molecule has 14 heteroatoms. The highest BCUT2D eigenvalue weighted by atomic mass is 32.2. The Bertz CT molecular complexity index is 1510. The number of thiazole rings is 1. The molecule has 0 aliphatic carbocycles. The molecule has 0 amide bonds. The number of aromatic nitrogens is 3. The van der Waals surface area contributed by atoms with Crippen LogP contribution in [0.25, 0.3) is 21.3 Å². The molecule has 0 fully saturated rings. The summed E-state index contributed by atoms with van der Waals surface area (Å²) in [5, 5.41) is 20.9. The Morgan fingerprint density at radius 3 is 2.50 bits per heavy atom. The lowest BCUT2D eigenvalue weighted by Gasteiger charge is -2.13. The number of nitrogens with two attached hydrogens (primary N) is 1. The Morgan fingerprint density at radius 1 is 1.09 bits per heavy atom. The largest absolute Gasteiger partial charge is 0.422 e. The lowest BCUT2D eigenvalue weighted by molar-refractivity contribution is 0.217. The predicted octanol–water partition coefficient (Wildman–Crippen LogP) is 1.52. The van der Waals surface area contributed by atoms with E-state index in [1.165, 1.54) is 6.92 Å². The predicted molar refractivity (Wildman–Crippen MR) is 127 cm³/mol. The summed E-state index contributed by atoms with van der Waals surface area (Å²) in [6.45, 7) is 0.948. The molecule has 0 spiro atoms. The zero-order valence-electron chi connectivity index (χ0n) is 17.8. The maximum atomic E-state index is 13.2. The third-order valence-electron chi connectivity index (χ3n) is 4.70. The van der Waals surface area contributed by atoms with Crippen molar-refractivity contribution in [3.8, 4) is 11.1 Å². The van der Waals surface area contributed by atoms with Crippen molar-refractivity contribution in [2.24, 2.45) is 5.14 Å². The molecule has 34 heavy (non-hydrogen) atoms. The Morgan fingerprint density at radius 2 is 1.82 bits per heavy atom. The topological polar surface area (TPSA) is 178 Å². The van der Waals surface area contributed by atoms with E-state index in [1.807, 2.05) is 47.2 Å². The zero-order chi connectivity index (χ0) is 24.5. The van der Waals surface area contributed by atoms with Crippen LogP contribution in [0.4, 0.5) is 0 Å². The second-order valence-corrected chi connectivity index (χ2v) is 12.1. The number of nitrogens with one attached hydrogen (secondary N) is 1. The van der Waals surface area contributed by atoms with Gasteiger partial charge in [0.15, 0.2) is 15.1 Å². The highest BCUT2D eigenvalue weighted by molar-refractivity contribution is 7.92. The molecule has 2 aromatic heterocycles. The van der Waals surface area contributed by atoms with E-state index in [0.29, 0.717) is 5.52 Å². The van der Waals surface area contributed by atoms with Crippen molar-refractivity contribution in [3.05, 3.63) is 65.3 Å². The quantitative estimate of drug-likeness (QED) is 0.293. The minimum Gasteiger partial charge on any atom is -0.422 e. The summed E-state index contributed by atoms with van der Waals surface area (Å²) >= 11 is 1.16. The summed E-state index contributed by atoms with van der Waals surface area (Å²) < 4.78 is 56.8. The van der Waals surface area contributed by atoms with Crippen LogP contribution in [-0.4, -0.2) is 49.0 Å². The minimum atomic E-state index is -4.03. The lowest BCUT2D eigenvalue weighted by Crippen LogP contribution is -2.30. The molecule has 2 aromatic carbocycles. The fraction of sp³-hybridized carbons (Fsp3) is 0.250. The van der Waals surface area contributed by atoms with Gasteiger partial charge in [0.1, 0.15) is 5.01 Å². The Hall–Kier alpha value is -2.75. The molecule has 4 aromatic rings. The average molecular weight is 524 g/mol. The van der Waals surface area contributed by atoms with E-state index in [0.717, 1.165) is 27.2 Å². The number of hydrogen-bond acceptors (Lipinski definition) is 10. The maximum absolute atomic E-state index is 13.2. The number of nitrogens with zero attached hydrogens (tertiary/aromatic N) is 3. The fourth-order valence-corrected chi connectivity index (χ4v) is 6.83. The van der Waals surface area contributed by atoms with Crippen LogP contribution in [-0.2, 0) is 26.6 Å². The molecule has 4 rings (SSSR count). The lowest BCUT2D eigenvalue weighted by atomic mass is 10.1. The number of rotatable bonds is 9. The molecule has 2 heterocycles. The van der Waals surface area contributed by atoms with Crippen LogP contribution in [0.2, 0.25) is 0 Å². The van der Waals surface area contributed by atoms with Crippen molar-refractivity contribution in [1.82, 2.24) is 19.9 Å². The highest BCUT2D eigenvalue weighted by Gasteiger charge is 2.37. The van der Waals surface area contributed by atoms with E-state index in [9.17, 15) is 21.9 Å². The molecule has 2 atom stereocenters. The highest BCUT2D eigenvalue weighted by Crippen LogP contribution is 2.37. The van der Waals surface area contributed by atoms with E-state index < -0.39 is 43.7 Å². The van der Waals surface area contributed by atoms with Gasteiger partial charge >= 0.3 is 0 Å². The number of aliphatic hydroxyl groups is 1. The molecule has 180 valence electrons. The number of fused-ring (bicyclic) bond motifs is 1. The van der Waals surface area contributed by atoms with Crippen LogP contribution in [0.3, 0.4) is 0 Å². The van der Waals surface area contributed by atoms with Gasteiger partial charge in [0.2, 0.25) is 11.8 Å². The first-order valence-electron chi connectivity index (χ1n) is 9.97. The number of aliphatic hydroxyl groups excluding tert-OH is 1. The summed E-state index contributed by atoms with van der Waals surface area (Å²) in [5.74, 6) is -1.02. The van der Waals surface area contributed by atoms with E-state index in [4.69, 9.17) is 9.56 Å². The van der Waals surface area contributed by atoms with Crippen LogP contribution >= 0.6 is 11.3 Å². The molecule has 11 nitrogen and oxygen atoms in total. The first kappa shape index (κ1) is 24.4. The Kier molecular flexibility index (Phi) is 6.80. The van der Waals surface area contributed by atoms with Gasteiger partial charge in [-0.2, -0.15) is 13.1 Å². The molecular weight excluding hydrogens is 502 g/mol. The molecule has 4 N–H and O–H groups in total. The molecule has 0 saturated heterocycles. The van der Waals surface area contributed by atoms with Gasteiger partial charge in [0.25, 0.3) is 10.2 Å². The van der Waals surface area contributed by atoms with Gasteiger partial charge < -0.3 is 9.52 Å². The van der Waals surface area contributed by atoms with Gasteiger partial charge in [0.05, 0.1) is 28.6 Å². The smallest absolute Gasteiger partial charge is 0.274 e. The van der Waals surface area contributed by atoms with Crippen LogP contribution in [0.5, 0.6) is 0 Å². The van der Waals surface area contributed by atoms with Crippen molar-refractivity contribution in [3.63, 3.8) is 0 Å². The minimum absolute atomic E-state index is 0.172. The summed E-state index contributed by atoms with van der Waals surface area (Å²) in [4.78, 5) is 4.49. The van der Waals surface area contributed by atoms with Crippen LogP contribution in [0.15, 0.2) is 52.9 Å². The van der Waals surface area contributed by atoms with Gasteiger partial charge in [-0.3, -0.25) is 0 Å². The molecule has 0 bridgehead atoms. The third kappa shape index (κ3) is 5.65. The zero-order valence-corrected chi connectivity index (χ0v) is 20.3. The standard InChI is InChI=1S/C20H21N5O6S3/c1-12(26)11-33(27,28)18(19-25-24-17(31-19)10-22-34(21,29)30)20-23-15-8-7-14(9-16(15)32-20)13-5-3-2-4-6-13/h2-9,12,18,22,26H,10-11H2,1H3,(H2,21,29,30). The molecule has 2 unspecified atom stereocenters. The normalized spacial score (nSPS) is 14.3. The molecular formula is C20H21N5O6S3. The first-order chi connectivity index (χ1) is 16.0. The van der Waals surface area contributed by atoms with Gasteiger partial charge in [-0.05, 0) is 30.2 Å². The Balaban J connectivity index is 1.76. The summed E-state index contributed by atoms with van der Waals surface area (Å²) in [7, 11) is -8.04. The molecule has 0 saturated carbocycles. The summed E-state index contributed by atoms with van der Waals surface area (Å²) in [6.07, 6.45) is -1.14.